The minimum absolute atomic E-state index is 0.192. The van der Waals surface area contributed by atoms with Gasteiger partial charge in [0.05, 0.1) is 11.4 Å². The molecule has 2 aromatic rings. The molecule has 3 amide bonds. The van der Waals surface area contributed by atoms with Crippen LogP contribution in [0.3, 0.4) is 0 Å². The van der Waals surface area contributed by atoms with Gasteiger partial charge in [0.15, 0.2) is 0 Å². The predicted molar refractivity (Wildman–Crippen MR) is 131 cm³/mol. The summed E-state index contributed by atoms with van der Waals surface area (Å²) in [6.07, 6.45) is 0.310. The van der Waals surface area contributed by atoms with Gasteiger partial charge in [-0.25, -0.2) is 9.59 Å². The van der Waals surface area contributed by atoms with Crippen LogP contribution in [0.2, 0.25) is 0 Å². The molecular formula is C25H34N4O5. The number of nitrogens with two attached hydrogens (primary N) is 1. The number of benzene rings is 2. The van der Waals surface area contributed by atoms with Crippen LogP contribution in [0.15, 0.2) is 54.6 Å². The Hall–Kier alpha value is -3.75. The number of alkyl carbamates (subject to hydrolysis) is 2. The van der Waals surface area contributed by atoms with Crippen molar-refractivity contribution in [2.45, 2.75) is 58.3 Å². The zero-order valence-corrected chi connectivity index (χ0v) is 19.9. The maximum atomic E-state index is 12.8. The second-order valence-electron chi connectivity index (χ2n) is 8.76. The Balaban J connectivity index is 1.82. The lowest BCUT2D eigenvalue weighted by atomic mass is 10.1. The number of hydrogen-bond acceptors (Lipinski definition) is 6. The van der Waals surface area contributed by atoms with E-state index in [4.69, 9.17) is 15.2 Å². The maximum absolute atomic E-state index is 12.8. The second-order valence-corrected chi connectivity index (χ2v) is 8.76. The van der Waals surface area contributed by atoms with Gasteiger partial charge in [0.25, 0.3) is 0 Å². The van der Waals surface area contributed by atoms with E-state index in [1.54, 1.807) is 45.0 Å². The average Bonchev–Trinajstić information content (AvgIpc) is 2.77. The van der Waals surface area contributed by atoms with Crippen molar-refractivity contribution >= 4 is 29.5 Å². The molecule has 2 aromatic carbocycles. The first kappa shape index (κ1) is 26.5. The summed E-state index contributed by atoms with van der Waals surface area (Å²) in [6, 6.07) is 15.4. The molecule has 0 saturated carbocycles. The third-order valence-corrected chi connectivity index (χ3v) is 4.63. The van der Waals surface area contributed by atoms with E-state index in [2.05, 4.69) is 16.0 Å². The molecule has 0 radical (unpaired) electrons. The molecule has 1 atom stereocenters. The van der Waals surface area contributed by atoms with Crippen LogP contribution in [-0.2, 0) is 20.9 Å². The van der Waals surface area contributed by atoms with Crippen molar-refractivity contribution in [1.29, 1.82) is 0 Å². The summed E-state index contributed by atoms with van der Waals surface area (Å²) in [4.78, 5) is 36.9. The van der Waals surface area contributed by atoms with Gasteiger partial charge in [0.1, 0.15) is 18.2 Å². The summed E-state index contributed by atoms with van der Waals surface area (Å²) in [6.45, 7) is 5.80. The molecule has 5 N–H and O–H groups in total. The SMILES string of the molecule is CC(C)(C)OC(=O)N[C@@H](CCCCNC(=O)OCc1ccccc1)C(=O)Nc1ccccc1N. The van der Waals surface area contributed by atoms with Crippen LogP contribution in [0.4, 0.5) is 21.0 Å². The number of rotatable bonds is 10. The number of amides is 3. The number of unbranched alkanes of at least 4 members (excludes halogenated alkanes) is 1. The molecule has 0 saturated heterocycles. The number of ether oxygens (including phenoxy) is 2. The van der Waals surface area contributed by atoms with Gasteiger partial charge in [-0.15, -0.1) is 0 Å². The molecule has 34 heavy (non-hydrogen) atoms. The van der Waals surface area contributed by atoms with Crippen LogP contribution in [0, 0.1) is 0 Å². The van der Waals surface area contributed by atoms with Gasteiger partial charge in [0.2, 0.25) is 5.91 Å². The molecule has 0 heterocycles. The summed E-state index contributed by atoms with van der Waals surface area (Å²) < 4.78 is 10.5. The summed E-state index contributed by atoms with van der Waals surface area (Å²) in [7, 11) is 0. The number of carbonyl (C=O) groups excluding carboxylic acids is 3. The van der Waals surface area contributed by atoms with E-state index in [1.807, 2.05) is 30.3 Å². The molecule has 0 spiro atoms. The number of nitrogen functional groups attached to an aromatic ring is 1. The highest BCUT2D eigenvalue weighted by Crippen LogP contribution is 2.18. The van der Waals surface area contributed by atoms with Crippen LogP contribution in [0.1, 0.15) is 45.6 Å². The first-order chi connectivity index (χ1) is 16.1. The monoisotopic (exact) mass is 470 g/mol. The van der Waals surface area contributed by atoms with Crippen LogP contribution >= 0.6 is 0 Å². The molecule has 9 nitrogen and oxygen atoms in total. The molecule has 0 fully saturated rings. The predicted octanol–water partition coefficient (Wildman–Crippen LogP) is 4.20. The smallest absolute Gasteiger partial charge is 0.408 e. The van der Waals surface area contributed by atoms with Crippen molar-refractivity contribution in [2.24, 2.45) is 0 Å². The Morgan fingerprint density at radius 2 is 1.62 bits per heavy atom. The minimum atomic E-state index is -0.834. The fraction of sp³-hybridized carbons (Fsp3) is 0.400. The van der Waals surface area contributed by atoms with E-state index in [-0.39, 0.29) is 6.61 Å². The zero-order chi connectivity index (χ0) is 25.0. The van der Waals surface area contributed by atoms with Crippen molar-refractivity contribution in [3.8, 4) is 0 Å². The molecule has 0 aromatic heterocycles. The number of anilines is 2. The fourth-order valence-electron chi connectivity index (χ4n) is 2.99. The third-order valence-electron chi connectivity index (χ3n) is 4.63. The lowest BCUT2D eigenvalue weighted by molar-refractivity contribution is -0.118. The van der Waals surface area contributed by atoms with Gasteiger partial charge in [-0.2, -0.15) is 0 Å². The number of nitrogens with one attached hydrogen (secondary N) is 3. The van der Waals surface area contributed by atoms with Gasteiger partial charge in [-0.3, -0.25) is 4.79 Å². The largest absolute Gasteiger partial charge is 0.445 e. The highest BCUT2D eigenvalue weighted by Gasteiger charge is 2.24. The molecule has 2 rings (SSSR count). The maximum Gasteiger partial charge on any atom is 0.408 e. The van der Waals surface area contributed by atoms with Crippen molar-refractivity contribution in [2.75, 3.05) is 17.6 Å². The molecule has 0 bridgehead atoms. The summed E-state index contributed by atoms with van der Waals surface area (Å²) in [5.41, 5.74) is 7.00. The molecule has 9 heteroatoms. The van der Waals surface area contributed by atoms with Crippen molar-refractivity contribution < 1.29 is 23.9 Å². The van der Waals surface area contributed by atoms with E-state index in [9.17, 15) is 14.4 Å². The first-order valence-electron chi connectivity index (χ1n) is 11.2. The molecule has 0 unspecified atom stereocenters. The van der Waals surface area contributed by atoms with Gasteiger partial charge in [-0.1, -0.05) is 42.5 Å². The van der Waals surface area contributed by atoms with Crippen molar-refractivity contribution in [3.63, 3.8) is 0 Å². The summed E-state index contributed by atoms with van der Waals surface area (Å²) >= 11 is 0. The Labute approximate surface area is 200 Å². The average molecular weight is 471 g/mol. The molecule has 0 aliphatic heterocycles. The highest BCUT2D eigenvalue weighted by atomic mass is 16.6. The number of carbonyl (C=O) groups is 3. The molecular weight excluding hydrogens is 436 g/mol. The summed E-state index contributed by atoms with van der Waals surface area (Å²) in [5.74, 6) is -0.404. The van der Waals surface area contributed by atoms with E-state index in [1.165, 1.54) is 0 Å². The Morgan fingerprint density at radius 1 is 0.941 bits per heavy atom. The quantitative estimate of drug-likeness (QED) is 0.304. The Bertz CT molecular complexity index is 944. The van der Waals surface area contributed by atoms with Crippen LogP contribution in [0.25, 0.3) is 0 Å². The second kappa shape index (κ2) is 13.1. The number of para-hydroxylation sites is 2. The zero-order valence-electron chi connectivity index (χ0n) is 19.9. The standard InChI is InChI=1S/C25H34N4O5/c1-25(2,3)34-24(32)29-21(22(30)28-20-14-8-7-13-19(20)26)15-9-10-16-27-23(31)33-17-18-11-5-4-6-12-18/h4-8,11-14,21H,9-10,15-17,26H2,1-3H3,(H,27,31)(H,28,30)(H,29,32)/t21-/m0/s1. The number of hydrogen-bond donors (Lipinski definition) is 4. The highest BCUT2D eigenvalue weighted by molar-refractivity contribution is 5.98. The minimum Gasteiger partial charge on any atom is -0.445 e. The lowest BCUT2D eigenvalue weighted by Crippen LogP contribution is -2.45. The van der Waals surface area contributed by atoms with Crippen molar-refractivity contribution in [3.05, 3.63) is 60.2 Å². The van der Waals surface area contributed by atoms with Gasteiger partial charge in [-0.05, 0) is 57.7 Å². The topological polar surface area (TPSA) is 132 Å². The van der Waals surface area contributed by atoms with E-state index in [0.29, 0.717) is 37.2 Å². The molecule has 184 valence electrons. The molecule has 0 aliphatic carbocycles. The van der Waals surface area contributed by atoms with E-state index in [0.717, 1.165) is 5.56 Å². The lowest BCUT2D eigenvalue weighted by Gasteiger charge is -2.23. The first-order valence-corrected chi connectivity index (χ1v) is 11.2. The Kier molecular flexibility index (Phi) is 10.2. The molecule has 0 aliphatic rings. The van der Waals surface area contributed by atoms with Gasteiger partial charge in [0, 0.05) is 6.54 Å². The van der Waals surface area contributed by atoms with Crippen LogP contribution in [0.5, 0.6) is 0 Å². The van der Waals surface area contributed by atoms with E-state index < -0.39 is 29.7 Å². The third kappa shape index (κ3) is 10.2. The van der Waals surface area contributed by atoms with E-state index >= 15 is 0 Å². The Morgan fingerprint density at radius 3 is 2.29 bits per heavy atom. The fourth-order valence-corrected chi connectivity index (χ4v) is 2.99. The van der Waals surface area contributed by atoms with Crippen molar-refractivity contribution in [1.82, 2.24) is 10.6 Å². The summed E-state index contributed by atoms with van der Waals surface area (Å²) in [5, 5.41) is 8.06. The normalized spacial score (nSPS) is 11.7. The van der Waals surface area contributed by atoms with Gasteiger partial charge >= 0.3 is 12.2 Å². The van der Waals surface area contributed by atoms with Crippen LogP contribution < -0.4 is 21.7 Å². The van der Waals surface area contributed by atoms with Gasteiger partial charge < -0.3 is 31.2 Å². The van der Waals surface area contributed by atoms with Crippen LogP contribution in [-0.4, -0.2) is 36.3 Å².